The van der Waals surface area contributed by atoms with Crippen LogP contribution in [0.25, 0.3) is 6.08 Å². The summed E-state index contributed by atoms with van der Waals surface area (Å²) in [5.41, 5.74) is 0.336. The molecular weight excluding hydrogens is 379 g/mol. The molecule has 0 saturated heterocycles. The number of anilines is 1. The number of ether oxygens (including phenoxy) is 2. The molecule has 2 aromatic carbocycles. The van der Waals surface area contributed by atoms with Crippen molar-refractivity contribution >= 4 is 29.6 Å². The van der Waals surface area contributed by atoms with Gasteiger partial charge >= 0.3 is 11.9 Å². The van der Waals surface area contributed by atoms with Gasteiger partial charge in [-0.25, -0.2) is 22.8 Å². The van der Waals surface area contributed by atoms with E-state index < -0.39 is 47.6 Å². The van der Waals surface area contributed by atoms with Gasteiger partial charge in [0.05, 0.1) is 18.4 Å². The van der Waals surface area contributed by atoms with Gasteiger partial charge in [0.25, 0.3) is 5.91 Å². The number of halogens is 3. The Morgan fingerprint density at radius 1 is 1.00 bits per heavy atom. The van der Waals surface area contributed by atoms with Crippen molar-refractivity contribution in [2.45, 2.75) is 0 Å². The van der Waals surface area contributed by atoms with Crippen molar-refractivity contribution in [1.82, 2.24) is 0 Å². The number of methoxy groups -OCH3 is 1. The molecular formula is C19H14F3NO5. The number of rotatable bonds is 6. The summed E-state index contributed by atoms with van der Waals surface area (Å²) in [6, 6.07) is 7.62. The van der Waals surface area contributed by atoms with Crippen molar-refractivity contribution in [3.63, 3.8) is 0 Å². The van der Waals surface area contributed by atoms with Gasteiger partial charge in [-0.1, -0.05) is 12.1 Å². The van der Waals surface area contributed by atoms with E-state index in [4.69, 9.17) is 0 Å². The van der Waals surface area contributed by atoms with Crippen LogP contribution in [0.4, 0.5) is 18.9 Å². The highest BCUT2D eigenvalue weighted by atomic mass is 19.2. The normalized spacial score (nSPS) is 10.6. The number of hydrogen-bond donors (Lipinski definition) is 1. The second kappa shape index (κ2) is 9.36. The fourth-order valence-corrected chi connectivity index (χ4v) is 2.01. The molecule has 6 nitrogen and oxygen atoms in total. The van der Waals surface area contributed by atoms with Crippen LogP contribution in [0, 0.1) is 17.5 Å². The monoisotopic (exact) mass is 393 g/mol. The van der Waals surface area contributed by atoms with E-state index in [1.54, 1.807) is 12.1 Å². The van der Waals surface area contributed by atoms with Crippen LogP contribution < -0.4 is 5.32 Å². The first-order valence-corrected chi connectivity index (χ1v) is 7.78. The smallest absolute Gasteiger partial charge is 0.337 e. The molecule has 1 amide bonds. The van der Waals surface area contributed by atoms with Crippen LogP contribution in [-0.4, -0.2) is 31.6 Å². The van der Waals surface area contributed by atoms with Gasteiger partial charge < -0.3 is 14.8 Å². The van der Waals surface area contributed by atoms with E-state index in [0.717, 1.165) is 12.1 Å². The number of carbonyl (C=O) groups is 3. The fraction of sp³-hybridized carbons (Fsp3) is 0.105. The largest absolute Gasteiger partial charge is 0.465 e. The average molecular weight is 393 g/mol. The molecule has 0 radical (unpaired) electrons. The number of carbonyl (C=O) groups excluding carboxylic acids is 3. The molecule has 0 aliphatic heterocycles. The Morgan fingerprint density at radius 2 is 1.68 bits per heavy atom. The van der Waals surface area contributed by atoms with Crippen LogP contribution in [0.15, 0.2) is 42.5 Å². The van der Waals surface area contributed by atoms with Crippen molar-refractivity contribution < 1.29 is 37.0 Å². The van der Waals surface area contributed by atoms with Gasteiger partial charge in [0.2, 0.25) is 0 Å². The Kier molecular flexibility index (Phi) is 6.91. The van der Waals surface area contributed by atoms with E-state index in [-0.39, 0.29) is 0 Å². The molecule has 0 saturated carbocycles. The second-order valence-electron chi connectivity index (χ2n) is 5.33. The molecule has 0 bridgehead atoms. The van der Waals surface area contributed by atoms with Crippen LogP contribution >= 0.6 is 0 Å². The van der Waals surface area contributed by atoms with E-state index in [1.807, 2.05) is 5.32 Å². The zero-order chi connectivity index (χ0) is 20.7. The minimum absolute atomic E-state index is 0.336. The third-order valence-corrected chi connectivity index (χ3v) is 3.40. The lowest BCUT2D eigenvalue weighted by Crippen LogP contribution is -2.21. The Hall–Kier alpha value is -3.62. The first-order chi connectivity index (χ1) is 13.3. The Bertz CT molecular complexity index is 926. The number of amides is 1. The first-order valence-electron chi connectivity index (χ1n) is 7.78. The molecule has 0 spiro atoms. The number of hydrogen-bond acceptors (Lipinski definition) is 5. The summed E-state index contributed by atoms with van der Waals surface area (Å²) in [5.74, 6) is -6.98. The fourth-order valence-electron chi connectivity index (χ4n) is 2.01. The van der Waals surface area contributed by atoms with Gasteiger partial charge in [0.1, 0.15) is 0 Å². The lowest BCUT2D eigenvalue weighted by atomic mass is 10.1. The lowest BCUT2D eigenvalue weighted by molar-refractivity contribution is -0.142. The van der Waals surface area contributed by atoms with E-state index in [9.17, 15) is 27.6 Å². The van der Waals surface area contributed by atoms with Crippen LogP contribution in [0.3, 0.4) is 0 Å². The maximum Gasteiger partial charge on any atom is 0.337 e. The summed E-state index contributed by atoms with van der Waals surface area (Å²) in [6.45, 7) is -0.761. The first kappa shape index (κ1) is 20.7. The molecule has 0 fully saturated rings. The van der Waals surface area contributed by atoms with Crippen molar-refractivity contribution in [1.29, 1.82) is 0 Å². The Labute approximate surface area is 157 Å². The molecule has 146 valence electrons. The number of nitrogens with one attached hydrogen (secondary N) is 1. The summed E-state index contributed by atoms with van der Waals surface area (Å²) in [5, 5.41) is 1.96. The molecule has 2 rings (SSSR count). The molecule has 0 atom stereocenters. The zero-order valence-corrected chi connectivity index (χ0v) is 14.5. The highest BCUT2D eigenvalue weighted by Crippen LogP contribution is 2.19. The van der Waals surface area contributed by atoms with Crippen LogP contribution in [0.2, 0.25) is 0 Å². The molecule has 2 aromatic rings. The minimum Gasteiger partial charge on any atom is -0.465 e. The quantitative estimate of drug-likeness (QED) is 0.463. The van der Waals surface area contributed by atoms with Gasteiger partial charge in [0.15, 0.2) is 24.1 Å². The maximum absolute atomic E-state index is 13.5. The second-order valence-corrected chi connectivity index (χ2v) is 5.33. The van der Waals surface area contributed by atoms with E-state index in [1.165, 1.54) is 25.3 Å². The molecule has 0 aliphatic rings. The zero-order valence-electron chi connectivity index (χ0n) is 14.5. The standard InChI is InChI=1S/C19H14F3NO5/c1-27-19(26)12-5-2-11(3-6-12)4-9-16(25)28-10-15(24)23-14-8-7-13(20)17(21)18(14)22/h2-9H,10H2,1H3,(H,23,24)/b9-4+. The molecule has 28 heavy (non-hydrogen) atoms. The molecule has 0 aromatic heterocycles. The molecule has 0 heterocycles. The van der Waals surface area contributed by atoms with Gasteiger partial charge in [-0.15, -0.1) is 0 Å². The third kappa shape index (κ3) is 5.44. The number of esters is 2. The topological polar surface area (TPSA) is 81.7 Å². The third-order valence-electron chi connectivity index (χ3n) is 3.40. The van der Waals surface area contributed by atoms with Crippen molar-refractivity contribution in [2.24, 2.45) is 0 Å². The highest BCUT2D eigenvalue weighted by Gasteiger charge is 2.15. The maximum atomic E-state index is 13.5. The summed E-state index contributed by atoms with van der Waals surface area (Å²) in [4.78, 5) is 34.6. The van der Waals surface area contributed by atoms with Crippen LogP contribution in [0.1, 0.15) is 15.9 Å². The Balaban J connectivity index is 1.86. The molecule has 9 heteroatoms. The molecule has 0 aliphatic carbocycles. The Morgan fingerprint density at radius 3 is 2.32 bits per heavy atom. The van der Waals surface area contributed by atoms with Crippen LogP contribution in [0.5, 0.6) is 0 Å². The van der Waals surface area contributed by atoms with Crippen molar-refractivity contribution in [2.75, 3.05) is 19.0 Å². The summed E-state index contributed by atoms with van der Waals surface area (Å²) in [6.07, 6.45) is 2.43. The predicted molar refractivity (Wildman–Crippen MR) is 92.7 cm³/mol. The highest BCUT2D eigenvalue weighted by molar-refractivity contribution is 5.95. The number of benzene rings is 2. The molecule has 1 N–H and O–H groups in total. The van der Waals surface area contributed by atoms with E-state index in [0.29, 0.717) is 17.2 Å². The SMILES string of the molecule is COC(=O)c1ccc(/C=C/C(=O)OCC(=O)Nc2ccc(F)c(F)c2F)cc1. The predicted octanol–water partition coefficient (Wildman–Crippen LogP) is 3.09. The lowest BCUT2D eigenvalue weighted by Gasteiger charge is -2.07. The van der Waals surface area contributed by atoms with Gasteiger partial charge in [-0.05, 0) is 35.9 Å². The van der Waals surface area contributed by atoms with E-state index >= 15 is 0 Å². The summed E-state index contributed by atoms with van der Waals surface area (Å²) in [7, 11) is 1.25. The van der Waals surface area contributed by atoms with Gasteiger partial charge in [-0.3, -0.25) is 4.79 Å². The van der Waals surface area contributed by atoms with Crippen molar-refractivity contribution in [3.8, 4) is 0 Å². The van der Waals surface area contributed by atoms with Gasteiger partial charge in [0, 0.05) is 6.08 Å². The van der Waals surface area contributed by atoms with Gasteiger partial charge in [-0.2, -0.15) is 0 Å². The average Bonchev–Trinajstić information content (AvgIpc) is 2.71. The molecule has 0 unspecified atom stereocenters. The van der Waals surface area contributed by atoms with Crippen LogP contribution in [-0.2, 0) is 19.1 Å². The summed E-state index contributed by atoms with van der Waals surface area (Å²) >= 11 is 0. The minimum atomic E-state index is -1.73. The van der Waals surface area contributed by atoms with E-state index in [2.05, 4.69) is 9.47 Å². The van der Waals surface area contributed by atoms with Crippen molar-refractivity contribution in [3.05, 3.63) is 71.1 Å². The summed E-state index contributed by atoms with van der Waals surface area (Å²) < 4.78 is 48.6.